The number of anilines is 1. The van der Waals surface area contributed by atoms with Crippen LogP contribution in [0.25, 0.3) is 0 Å². The molecule has 0 amide bonds. The summed E-state index contributed by atoms with van der Waals surface area (Å²) in [6, 6.07) is 13.8. The number of rotatable bonds is 5. The first-order valence-corrected chi connectivity index (χ1v) is 8.08. The lowest BCUT2D eigenvalue weighted by Gasteiger charge is -2.14. The fourth-order valence-electron chi connectivity index (χ4n) is 1.95. The van der Waals surface area contributed by atoms with Gasteiger partial charge in [0, 0.05) is 27.7 Å². The average molecular weight is 323 g/mol. The highest BCUT2D eigenvalue weighted by Gasteiger charge is 2.10. The van der Waals surface area contributed by atoms with Crippen molar-refractivity contribution in [1.82, 2.24) is 0 Å². The van der Waals surface area contributed by atoms with E-state index < -0.39 is 0 Å². The second-order valence-corrected chi connectivity index (χ2v) is 5.95. The number of nitrogens with two attached hydrogens (primary N) is 1. The number of benzene rings is 2. The summed E-state index contributed by atoms with van der Waals surface area (Å²) in [7, 11) is 0. The zero-order chi connectivity index (χ0) is 14.5. The van der Waals surface area contributed by atoms with E-state index in [1.807, 2.05) is 48.7 Å². The SMILES string of the molecule is CSc1cccc(NCc2cccc(Cl)c2)c1C(N)=S. The van der Waals surface area contributed by atoms with Crippen LogP contribution in [0, 0.1) is 0 Å². The summed E-state index contributed by atoms with van der Waals surface area (Å²) in [6.07, 6.45) is 2.01. The average Bonchev–Trinajstić information content (AvgIpc) is 2.44. The molecule has 0 aliphatic carbocycles. The summed E-state index contributed by atoms with van der Waals surface area (Å²) in [4.78, 5) is 1.48. The molecule has 0 saturated heterocycles. The molecule has 0 aliphatic rings. The van der Waals surface area contributed by atoms with E-state index in [1.54, 1.807) is 11.8 Å². The zero-order valence-corrected chi connectivity index (χ0v) is 13.4. The van der Waals surface area contributed by atoms with Crippen LogP contribution in [-0.2, 0) is 6.54 Å². The van der Waals surface area contributed by atoms with Crippen molar-refractivity contribution in [2.45, 2.75) is 11.4 Å². The molecule has 20 heavy (non-hydrogen) atoms. The van der Waals surface area contributed by atoms with Gasteiger partial charge in [0.2, 0.25) is 0 Å². The Labute approximate surface area is 133 Å². The van der Waals surface area contributed by atoms with Gasteiger partial charge >= 0.3 is 0 Å². The van der Waals surface area contributed by atoms with Crippen molar-refractivity contribution in [2.75, 3.05) is 11.6 Å². The van der Waals surface area contributed by atoms with E-state index in [0.717, 1.165) is 26.7 Å². The Hall–Kier alpha value is -1.23. The van der Waals surface area contributed by atoms with E-state index >= 15 is 0 Å². The molecule has 0 unspecified atom stereocenters. The molecule has 0 atom stereocenters. The van der Waals surface area contributed by atoms with Crippen LogP contribution in [0.1, 0.15) is 11.1 Å². The van der Waals surface area contributed by atoms with Crippen LogP contribution < -0.4 is 11.1 Å². The van der Waals surface area contributed by atoms with Crippen molar-refractivity contribution in [3.63, 3.8) is 0 Å². The predicted octanol–water partition coefficient (Wildman–Crippen LogP) is 4.31. The molecule has 2 nitrogen and oxygen atoms in total. The maximum Gasteiger partial charge on any atom is 0.107 e. The fourth-order valence-corrected chi connectivity index (χ4v) is 3.08. The number of thiocarbonyl (C=S) groups is 1. The van der Waals surface area contributed by atoms with Crippen molar-refractivity contribution in [1.29, 1.82) is 0 Å². The van der Waals surface area contributed by atoms with Gasteiger partial charge in [-0.1, -0.05) is 42.0 Å². The normalized spacial score (nSPS) is 10.3. The minimum Gasteiger partial charge on any atom is -0.389 e. The lowest BCUT2D eigenvalue weighted by Crippen LogP contribution is -2.14. The number of hydrogen-bond donors (Lipinski definition) is 2. The predicted molar refractivity (Wildman–Crippen MR) is 92.9 cm³/mol. The monoisotopic (exact) mass is 322 g/mol. The van der Waals surface area contributed by atoms with E-state index in [2.05, 4.69) is 5.32 Å². The van der Waals surface area contributed by atoms with E-state index in [9.17, 15) is 0 Å². The first-order chi connectivity index (χ1) is 9.61. The van der Waals surface area contributed by atoms with Crippen molar-refractivity contribution in [3.05, 3.63) is 58.6 Å². The highest BCUT2D eigenvalue weighted by atomic mass is 35.5. The van der Waals surface area contributed by atoms with Gasteiger partial charge in [-0.05, 0) is 36.1 Å². The van der Waals surface area contributed by atoms with Crippen molar-refractivity contribution in [2.24, 2.45) is 5.73 Å². The van der Waals surface area contributed by atoms with Crippen LogP contribution in [0.5, 0.6) is 0 Å². The Morgan fingerprint density at radius 2 is 2.05 bits per heavy atom. The molecular formula is C15H15ClN2S2. The topological polar surface area (TPSA) is 38.0 Å². The van der Waals surface area contributed by atoms with Gasteiger partial charge in [-0.3, -0.25) is 0 Å². The molecule has 104 valence electrons. The zero-order valence-electron chi connectivity index (χ0n) is 11.0. The van der Waals surface area contributed by atoms with Gasteiger partial charge in [-0.2, -0.15) is 0 Å². The van der Waals surface area contributed by atoms with Gasteiger partial charge in [-0.25, -0.2) is 0 Å². The largest absolute Gasteiger partial charge is 0.389 e. The lowest BCUT2D eigenvalue weighted by atomic mass is 10.1. The highest BCUT2D eigenvalue weighted by molar-refractivity contribution is 7.98. The molecule has 0 aromatic heterocycles. The third-order valence-corrected chi connectivity index (χ3v) is 4.08. The molecular weight excluding hydrogens is 308 g/mol. The van der Waals surface area contributed by atoms with E-state index in [1.165, 1.54) is 0 Å². The van der Waals surface area contributed by atoms with E-state index in [0.29, 0.717) is 11.5 Å². The molecule has 0 heterocycles. The van der Waals surface area contributed by atoms with Gasteiger partial charge in [0.15, 0.2) is 0 Å². The van der Waals surface area contributed by atoms with E-state index in [4.69, 9.17) is 29.6 Å². The second-order valence-electron chi connectivity index (χ2n) is 4.23. The number of hydrogen-bond acceptors (Lipinski definition) is 3. The minimum absolute atomic E-state index is 0.406. The van der Waals surface area contributed by atoms with Crippen LogP contribution in [0.3, 0.4) is 0 Å². The molecule has 0 spiro atoms. The molecule has 0 saturated carbocycles. The quantitative estimate of drug-likeness (QED) is 0.635. The molecule has 0 bridgehead atoms. The standard InChI is InChI=1S/C15H15ClN2S2/c1-20-13-7-3-6-12(14(13)15(17)19)18-9-10-4-2-5-11(16)8-10/h2-8,18H,9H2,1H3,(H2,17,19). The Morgan fingerprint density at radius 1 is 1.30 bits per heavy atom. The molecule has 0 radical (unpaired) electrons. The highest BCUT2D eigenvalue weighted by Crippen LogP contribution is 2.27. The molecule has 2 rings (SSSR count). The summed E-state index contributed by atoms with van der Waals surface area (Å²) in [5.74, 6) is 0. The third kappa shape index (κ3) is 3.66. The molecule has 5 heteroatoms. The van der Waals surface area contributed by atoms with Gasteiger partial charge in [-0.15, -0.1) is 11.8 Å². The minimum atomic E-state index is 0.406. The van der Waals surface area contributed by atoms with Crippen LogP contribution >= 0.6 is 35.6 Å². The fraction of sp³-hybridized carbons (Fsp3) is 0.133. The number of halogens is 1. The summed E-state index contributed by atoms with van der Waals surface area (Å²) in [5, 5.41) is 4.11. The molecule has 0 fully saturated rings. The van der Waals surface area contributed by atoms with E-state index in [-0.39, 0.29) is 0 Å². The van der Waals surface area contributed by atoms with Gasteiger partial charge in [0.25, 0.3) is 0 Å². The maximum absolute atomic E-state index is 5.98. The van der Waals surface area contributed by atoms with Gasteiger partial charge in [0.05, 0.1) is 0 Å². The Bertz CT molecular complexity index is 629. The first-order valence-electron chi connectivity index (χ1n) is 6.07. The van der Waals surface area contributed by atoms with Crippen LogP contribution in [0.4, 0.5) is 5.69 Å². The van der Waals surface area contributed by atoms with Crippen LogP contribution in [0.2, 0.25) is 5.02 Å². The molecule has 2 aromatic carbocycles. The summed E-state index contributed by atoms with van der Waals surface area (Å²) >= 11 is 12.8. The number of thioether (sulfide) groups is 1. The summed E-state index contributed by atoms with van der Waals surface area (Å²) in [5.41, 5.74) is 8.80. The first kappa shape index (κ1) is 15.2. The van der Waals surface area contributed by atoms with Crippen molar-refractivity contribution >= 4 is 46.3 Å². The maximum atomic E-state index is 5.98. The Morgan fingerprint density at radius 3 is 2.70 bits per heavy atom. The second kappa shape index (κ2) is 6.97. The Kier molecular flexibility index (Phi) is 5.29. The summed E-state index contributed by atoms with van der Waals surface area (Å²) in [6.45, 7) is 0.675. The van der Waals surface area contributed by atoms with Crippen LogP contribution in [-0.4, -0.2) is 11.2 Å². The third-order valence-electron chi connectivity index (χ3n) is 2.86. The lowest BCUT2D eigenvalue weighted by molar-refractivity contribution is 1.14. The Balaban J connectivity index is 2.23. The van der Waals surface area contributed by atoms with Gasteiger partial charge < -0.3 is 11.1 Å². The van der Waals surface area contributed by atoms with Crippen molar-refractivity contribution < 1.29 is 0 Å². The van der Waals surface area contributed by atoms with Crippen molar-refractivity contribution in [3.8, 4) is 0 Å². The molecule has 2 aromatic rings. The van der Waals surface area contributed by atoms with Gasteiger partial charge in [0.1, 0.15) is 4.99 Å². The smallest absolute Gasteiger partial charge is 0.107 e. The molecule has 0 aliphatic heterocycles. The summed E-state index contributed by atoms with van der Waals surface area (Å²) < 4.78 is 0. The molecule has 3 N–H and O–H groups in total. The number of nitrogens with one attached hydrogen (secondary N) is 1. The van der Waals surface area contributed by atoms with Crippen LogP contribution in [0.15, 0.2) is 47.4 Å².